The molecule has 2 aliphatic rings. The zero-order valence-corrected chi connectivity index (χ0v) is 10.5. The Kier molecular flexibility index (Phi) is 3.53. The Morgan fingerprint density at radius 3 is 2.25 bits per heavy atom. The number of nitrogens with two attached hydrogens (primary N) is 1. The highest BCUT2D eigenvalue weighted by Gasteiger charge is 2.35. The van der Waals surface area contributed by atoms with Crippen molar-refractivity contribution in [1.82, 2.24) is 4.90 Å². The first-order chi connectivity index (χ1) is 7.59. The summed E-state index contributed by atoms with van der Waals surface area (Å²) in [6.45, 7) is 5.50. The van der Waals surface area contributed by atoms with Crippen LogP contribution in [0.15, 0.2) is 0 Å². The quantitative estimate of drug-likeness (QED) is 0.777. The van der Waals surface area contributed by atoms with Gasteiger partial charge >= 0.3 is 0 Å². The summed E-state index contributed by atoms with van der Waals surface area (Å²) in [5, 5.41) is 0. The Balaban J connectivity index is 1.87. The molecule has 0 bridgehead atoms. The minimum Gasteiger partial charge on any atom is -0.338 e. The van der Waals surface area contributed by atoms with E-state index in [1.807, 2.05) is 4.90 Å². The van der Waals surface area contributed by atoms with Crippen molar-refractivity contribution in [3.8, 4) is 0 Å². The predicted molar refractivity (Wildman–Crippen MR) is 64.9 cm³/mol. The monoisotopic (exact) mass is 224 g/mol. The zero-order valence-electron chi connectivity index (χ0n) is 10.5. The van der Waals surface area contributed by atoms with Crippen molar-refractivity contribution in [3.63, 3.8) is 0 Å². The summed E-state index contributed by atoms with van der Waals surface area (Å²) >= 11 is 0. The smallest absolute Gasteiger partial charge is 0.239 e. The van der Waals surface area contributed by atoms with E-state index in [1.165, 1.54) is 25.7 Å². The zero-order chi connectivity index (χ0) is 11.7. The average molecular weight is 224 g/mol. The lowest BCUT2D eigenvalue weighted by atomic mass is 9.79. The molecule has 1 saturated heterocycles. The molecule has 2 fully saturated rings. The highest BCUT2D eigenvalue weighted by Crippen LogP contribution is 2.33. The third-order valence-electron chi connectivity index (χ3n) is 4.41. The molecule has 1 aliphatic carbocycles. The van der Waals surface area contributed by atoms with Gasteiger partial charge < -0.3 is 10.6 Å². The fourth-order valence-electron chi connectivity index (χ4n) is 3.17. The van der Waals surface area contributed by atoms with Crippen molar-refractivity contribution in [1.29, 1.82) is 0 Å². The molecule has 0 aromatic heterocycles. The molecule has 0 aromatic carbocycles. The van der Waals surface area contributed by atoms with Gasteiger partial charge in [0.05, 0.1) is 6.04 Å². The summed E-state index contributed by atoms with van der Waals surface area (Å²) in [7, 11) is 0. The summed E-state index contributed by atoms with van der Waals surface area (Å²) in [6.07, 6.45) is 5.77. The first-order valence-corrected chi connectivity index (χ1v) is 6.65. The van der Waals surface area contributed by atoms with Crippen molar-refractivity contribution in [2.24, 2.45) is 17.6 Å². The van der Waals surface area contributed by atoms with Gasteiger partial charge in [-0.1, -0.05) is 13.8 Å². The standard InChI is InChI=1S/C13H24N2O/c1-9(2)10-3-5-11(6-4-10)15-8-7-12(14)13(15)16/h9-12H,3-8,14H2,1-2H3. The van der Waals surface area contributed by atoms with E-state index < -0.39 is 0 Å². The summed E-state index contributed by atoms with van der Waals surface area (Å²) in [5.74, 6) is 1.84. The maximum Gasteiger partial charge on any atom is 0.239 e. The van der Waals surface area contributed by atoms with Gasteiger partial charge in [-0.15, -0.1) is 0 Å². The molecule has 1 amide bonds. The predicted octanol–water partition coefficient (Wildman–Crippen LogP) is 1.76. The van der Waals surface area contributed by atoms with Crippen LogP contribution in [-0.4, -0.2) is 29.4 Å². The maximum atomic E-state index is 11.8. The second kappa shape index (κ2) is 4.74. The molecule has 0 aromatic rings. The highest BCUT2D eigenvalue weighted by molar-refractivity contribution is 5.84. The molecular formula is C13H24N2O. The lowest BCUT2D eigenvalue weighted by Crippen LogP contribution is -2.42. The van der Waals surface area contributed by atoms with Crippen LogP contribution >= 0.6 is 0 Å². The van der Waals surface area contributed by atoms with E-state index in [0.717, 1.165) is 24.8 Å². The van der Waals surface area contributed by atoms with Gasteiger partial charge in [-0.2, -0.15) is 0 Å². The SMILES string of the molecule is CC(C)C1CCC(N2CCC(N)C2=O)CC1. The van der Waals surface area contributed by atoms with Gasteiger partial charge in [0, 0.05) is 12.6 Å². The van der Waals surface area contributed by atoms with Crippen LogP contribution in [0.25, 0.3) is 0 Å². The Morgan fingerprint density at radius 1 is 1.19 bits per heavy atom. The van der Waals surface area contributed by atoms with Gasteiger partial charge in [-0.3, -0.25) is 4.79 Å². The minimum absolute atomic E-state index is 0.188. The molecule has 92 valence electrons. The Hall–Kier alpha value is -0.570. The van der Waals surface area contributed by atoms with Crippen LogP contribution in [0.5, 0.6) is 0 Å². The molecule has 2 rings (SSSR count). The van der Waals surface area contributed by atoms with Crippen LogP contribution in [0.2, 0.25) is 0 Å². The minimum atomic E-state index is -0.220. The molecule has 3 nitrogen and oxygen atoms in total. The lowest BCUT2D eigenvalue weighted by molar-refractivity contribution is -0.131. The van der Waals surface area contributed by atoms with Crippen LogP contribution < -0.4 is 5.73 Å². The number of carbonyl (C=O) groups excluding carboxylic acids is 1. The van der Waals surface area contributed by atoms with E-state index >= 15 is 0 Å². The number of hydrogen-bond acceptors (Lipinski definition) is 2. The molecule has 1 saturated carbocycles. The molecular weight excluding hydrogens is 200 g/mol. The fraction of sp³-hybridized carbons (Fsp3) is 0.923. The maximum absolute atomic E-state index is 11.8. The molecule has 16 heavy (non-hydrogen) atoms. The summed E-state index contributed by atoms with van der Waals surface area (Å²) < 4.78 is 0. The normalized spacial score (nSPS) is 36.1. The first kappa shape index (κ1) is 11.9. The first-order valence-electron chi connectivity index (χ1n) is 6.65. The summed E-state index contributed by atoms with van der Waals surface area (Å²) in [5.41, 5.74) is 5.76. The molecule has 0 spiro atoms. The molecule has 1 heterocycles. The second-order valence-electron chi connectivity index (χ2n) is 5.74. The third-order valence-corrected chi connectivity index (χ3v) is 4.41. The van der Waals surface area contributed by atoms with Crippen LogP contribution in [0.4, 0.5) is 0 Å². The van der Waals surface area contributed by atoms with E-state index in [0.29, 0.717) is 6.04 Å². The second-order valence-corrected chi connectivity index (χ2v) is 5.74. The van der Waals surface area contributed by atoms with Crippen LogP contribution in [0.1, 0.15) is 46.0 Å². The topological polar surface area (TPSA) is 46.3 Å². The van der Waals surface area contributed by atoms with Crippen molar-refractivity contribution in [2.75, 3.05) is 6.54 Å². The number of hydrogen-bond donors (Lipinski definition) is 1. The van der Waals surface area contributed by atoms with Crippen LogP contribution in [0.3, 0.4) is 0 Å². The van der Waals surface area contributed by atoms with Crippen molar-refractivity contribution in [3.05, 3.63) is 0 Å². The molecule has 1 aliphatic heterocycles. The van der Waals surface area contributed by atoms with Gasteiger partial charge in [0.15, 0.2) is 0 Å². The molecule has 2 N–H and O–H groups in total. The largest absolute Gasteiger partial charge is 0.338 e. The van der Waals surface area contributed by atoms with E-state index in [1.54, 1.807) is 0 Å². The van der Waals surface area contributed by atoms with Gasteiger partial charge in [-0.05, 0) is 43.9 Å². The van der Waals surface area contributed by atoms with E-state index in [2.05, 4.69) is 13.8 Å². The van der Waals surface area contributed by atoms with E-state index in [4.69, 9.17) is 5.73 Å². The number of amides is 1. The lowest BCUT2D eigenvalue weighted by Gasteiger charge is -2.36. The van der Waals surface area contributed by atoms with E-state index in [9.17, 15) is 4.79 Å². The highest BCUT2D eigenvalue weighted by atomic mass is 16.2. The van der Waals surface area contributed by atoms with Gasteiger partial charge in [0.25, 0.3) is 0 Å². The molecule has 0 radical (unpaired) electrons. The van der Waals surface area contributed by atoms with Crippen molar-refractivity contribution >= 4 is 5.91 Å². The molecule has 1 unspecified atom stereocenters. The van der Waals surface area contributed by atoms with Crippen LogP contribution in [0, 0.1) is 11.8 Å². The number of likely N-dealkylation sites (tertiary alicyclic amines) is 1. The fourth-order valence-corrected chi connectivity index (χ4v) is 3.17. The Morgan fingerprint density at radius 2 is 1.81 bits per heavy atom. The van der Waals surface area contributed by atoms with Crippen molar-refractivity contribution < 1.29 is 4.79 Å². The van der Waals surface area contributed by atoms with Gasteiger partial charge in [0.2, 0.25) is 5.91 Å². The Labute approximate surface area is 98.4 Å². The third kappa shape index (κ3) is 2.24. The Bertz CT molecular complexity index is 257. The van der Waals surface area contributed by atoms with Crippen molar-refractivity contribution in [2.45, 2.75) is 58.0 Å². The number of rotatable bonds is 2. The summed E-state index contributed by atoms with van der Waals surface area (Å²) in [4.78, 5) is 13.9. The van der Waals surface area contributed by atoms with Crippen LogP contribution in [-0.2, 0) is 4.79 Å². The summed E-state index contributed by atoms with van der Waals surface area (Å²) in [6, 6.07) is 0.263. The number of carbonyl (C=O) groups is 1. The number of nitrogens with zero attached hydrogens (tertiary/aromatic N) is 1. The molecule has 1 atom stereocenters. The van der Waals surface area contributed by atoms with E-state index in [-0.39, 0.29) is 11.9 Å². The van der Waals surface area contributed by atoms with Gasteiger partial charge in [-0.25, -0.2) is 0 Å². The average Bonchev–Trinajstić information content (AvgIpc) is 2.60. The van der Waals surface area contributed by atoms with Gasteiger partial charge in [0.1, 0.15) is 0 Å². The molecule has 3 heteroatoms.